The summed E-state index contributed by atoms with van der Waals surface area (Å²) < 4.78 is 29.6. The Morgan fingerprint density at radius 1 is 1.00 bits per heavy atom. The molecule has 3 heteroatoms. The molecular weight excluding hydrogens is 376 g/mol. The lowest BCUT2D eigenvalue weighted by atomic mass is 9.81. The third kappa shape index (κ3) is 3.07. The van der Waals surface area contributed by atoms with Gasteiger partial charge in [-0.2, -0.15) is 0 Å². The van der Waals surface area contributed by atoms with Crippen molar-refractivity contribution in [2.45, 2.75) is 58.3 Å². The first-order valence-corrected chi connectivity index (χ1v) is 10.9. The summed E-state index contributed by atoms with van der Waals surface area (Å²) in [5.74, 6) is -2.26. The highest BCUT2D eigenvalue weighted by molar-refractivity contribution is 6.11. The minimum absolute atomic E-state index is 0.00287. The van der Waals surface area contributed by atoms with Crippen LogP contribution < -0.4 is 4.57 Å². The van der Waals surface area contributed by atoms with Gasteiger partial charge in [0.15, 0.2) is 6.20 Å². The summed E-state index contributed by atoms with van der Waals surface area (Å²) in [6, 6.07) is 11.2. The topological polar surface area (TPSA) is 3.88 Å². The second kappa shape index (κ2) is 6.73. The Hall–Kier alpha value is -2.55. The molecule has 1 aromatic heterocycles. The zero-order valence-electron chi connectivity index (χ0n) is 18.2. The number of hydrogen-bond acceptors (Lipinski definition) is 0. The molecule has 1 heterocycles. The van der Waals surface area contributed by atoms with Crippen LogP contribution >= 0.6 is 0 Å². The average molecular weight is 405 g/mol. The minimum Gasteiger partial charge on any atom is -0.207 e. The van der Waals surface area contributed by atoms with E-state index in [1.54, 1.807) is 0 Å². The number of hydrogen-bond donors (Lipinski definition) is 0. The van der Waals surface area contributed by atoms with Crippen molar-refractivity contribution in [3.05, 3.63) is 75.6 Å². The van der Waals surface area contributed by atoms with Crippen molar-refractivity contribution in [2.75, 3.05) is 0 Å². The standard InChI is InChI=1S/C27H28F2N/c1-16-11-17(2)18(3)23(12-16)24-15-22-14-21(19-5-8-27(28,29)9-6-19)13-20-7-10-30(4)26(24)25(20)22/h7,10-15,19H,5-6,8-9H2,1-4H3/q+1. The van der Waals surface area contributed by atoms with Crippen molar-refractivity contribution >= 4 is 22.4 Å². The molecule has 0 unspecified atom stereocenters. The average Bonchev–Trinajstić information content (AvgIpc) is 3.08. The molecule has 154 valence electrons. The first kappa shape index (κ1) is 19.4. The molecular formula is C27H28F2N+. The Balaban J connectivity index is 1.66. The van der Waals surface area contributed by atoms with E-state index in [9.17, 15) is 8.78 Å². The maximum absolute atomic E-state index is 13.7. The van der Waals surface area contributed by atoms with Gasteiger partial charge in [-0.05, 0) is 78.8 Å². The third-order valence-electron chi connectivity index (χ3n) is 7.13. The highest BCUT2D eigenvalue weighted by Gasteiger charge is 2.36. The van der Waals surface area contributed by atoms with Gasteiger partial charge >= 0.3 is 0 Å². The molecule has 2 aliphatic rings. The van der Waals surface area contributed by atoms with Crippen LogP contribution in [0.2, 0.25) is 0 Å². The molecule has 1 nitrogen and oxygen atoms in total. The van der Waals surface area contributed by atoms with Crippen LogP contribution in [0, 0.1) is 20.8 Å². The van der Waals surface area contributed by atoms with E-state index >= 15 is 0 Å². The van der Waals surface area contributed by atoms with Crippen LogP contribution in [0.4, 0.5) is 8.78 Å². The van der Waals surface area contributed by atoms with Gasteiger partial charge in [-0.1, -0.05) is 29.8 Å². The molecule has 30 heavy (non-hydrogen) atoms. The van der Waals surface area contributed by atoms with Gasteiger partial charge in [0.1, 0.15) is 7.05 Å². The van der Waals surface area contributed by atoms with Gasteiger partial charge < -0.3 is 0 Å². The molecule has 1 fully saturated rings. The lowest BCUT2D eigenvalue weighted by Gasteiger charge is -2.28. The van der Waals surface area contributed by atoms with Crippen molar-refractivity contribution < 1.29 is 13.3 Å². The summed E-state index contributed by atoms with van der Waals surface area (Å²) in [7, 11) is 2.10. The van der Waals surface area contributed by atoms with Crippen LogP contribution in [-0.2, 0) is 7.05 Å². The molecule has 2 aliphatic carbocycles. The number of nitrogens with zero attached hydrogens (tertiary/aromatic N) is 1. The minimum atomic E-state index is -2.49. The molecule has 0 radical (unpaired) electrons. The van der Waals surface area contributed by atoms with E-state index in [0.717, 1.165) is 0 Å². The molecule has 0 spiro atoms. The smallest absolute Gasteiger partial charge is 0.207 e. The zero-order chi connectivity index (χ0) is 21.2. The van der Waals surface area contributed by atoms with Crippen molar-refractivity contribution in [1.29, 1.82) is 0 Å². The lowest BCUT2D eigenvalue weighted by molar-refractivity contribution is -0.672. The van der Waals surface area contributed by atoms with Gasteiger partial charge in [0.05, 0.1) is 11.0 Å². The van der Waals surface area contributed by atoms with E-state index < -0.39 is 5.92 Å². The Morgan fingerprint density at radius 3 is 2.47 bits per heavy atom. The Bertz CT molecular complexity index is 1210. The van der Waals surface area contributed by atoms with Crippen LogP contribution in [-0.4, -0.2) is 5.92 Å². The van der Waals surface area contributed by atoms with Crippen LogP contribution in [0.5, 0.6) is 0 Å². The summed E-state index contributed by atoms with van der Waals surface area (Å²) in [4.78, 5) is 0. The fourth-order valence-electron chi connectivity index (χ4n) is 5.36. The van der Waals surface area contributed by atoms with Crippen molar-refractivity contribution in [3.63, 3.8) is 0 Å². The molecule has 0 saturated heterocycles. The molecule has 5 rings (SSSR count). The Morgan fingerprint density at radius 2 is 1.73 bits per heavy atom. The first-order valence-electron chi connectivity index (χ1n) is 10.9. The Kier molecular flexibility index (Phi) is 4.36. The monoisotopic (exact) mass is 404 g/mol. The number of pyridine rings is 1. The molecule has 0 amide bonds. The molecule has 1 saturated carbocycles. The largest absolute Gasteiger partial charge is 0.248 e. The number of aryl methyl sites for hydroxylation is 3. The van der Waals surface area contributed by atoms with Gasteiger partial charge in [-0.3, -0.25) is 0 Å². The van der Waals surface area contributed by atoms with E-state index in [1.165, 1.54) is 55.4 Å². The molecule has 0 bridgehead atoms. The SMILES string of the molecule is Cc1cc(C)c(C)c(C2=Cc3cc(C4CCC(F)(F)CC4)cc4cc[n+](C)c2c34)c1. The summed E-state index contributed by atoms with van der Waals surface area (Å²) in [5, 5.41) is 2.49. The van der Waals surface area contributed by atoms with Gasteiger partial charge in [0.2, 0.25) is 11.6 Å². The number of rotatable bonds is 2. The highest BCUT2D eigenvalue weighted by Crippen LogP contribution is 2.45. The quantitative estimate of drug-likeness (QED) is 0.324. The fraction of sp³-hybridized carbons (Fsp3) is 0.370. The first-order chi connectivity index (χ1) is 14.2. The van der Waals surface area contributed by atoms with Gasteiger partial charge in [-0.15, -0.1) is 0 Å². The summed E-state index contributed by atoms with van der Waals surface area (Å²) in [5.41, 5.74) is 10.1. The molecule has 0 N–H and O–H groups in total. The number of halogens is 2. The van der Waals surface area contributed by atoms with Crippen LogP contribution in [0.3, 0.4) is 0 Å². The normalized spacial score (nSPS) is 18.1. The lowest BCUT2D eigenvalue weighted by Crippen LogP contribution is -2.32. The van der Waals surface area contributed by atoms with Crippen LogP contribution in [0.25, 0.3) is 22.4 Å². The van der Waals surface area contributed by atoms with Gasteiger partial charge in [-0.25, -0.2) is 13.3 Å². The molecule has 2 aromatic carbocycles. The highest BCUT2D eigenvalue weighted by atomic mass is 19.3. The number of alkyl halides is 2. The van der Waals surface area contributed by atoms with Crippen molar-refractivity contribution in [1.82, 2.24) is 0 Å². The van der Waals surface area contributed by atoms with Crippen molar-refractivity contribution in [2.24, 2.45) is 7.05 Å². The van der Waals surface area contributed by atoms with E-state index in [2.05, 4.69) is 75.0 Å². The molecule has 0 aliphatic heterocycles. The van der Waals surface area contributed by atoms with Gasteiger partial charge in [0.25, 0.3) is 0 Å². The van der Waals surface area contributed by atoms with Crippen LogP contribution in [0.15, 0.2) is 36.5 Å². The molecule has 3 aromatic rings. The maximum atomic E-state index is 13.7. The summed E-state index contributed by atoms with van der Waals surface area (Å²) in [6.45, 7) is 6.52. The second-order valence-corrected chi connectivity index (χ2v) is 9.29. The summed E-state index contributed by atoms with van der Waals surface area (Å²) in [6.07, 6.45) is 5.57. The van der Waals surface area contributed by atoms with E-state index in [4.69, 9.17) is 0 Å². The predicted molar refractivity (Wildman–Crippen MR) is 119 cm³/mol. The third-order valence-corrected chi connectivity index (χ3v) is 7.13. The zero-order valence-corrected chi connectivity index (χ0v) is 18.2. The van der Waals surface area contributed by atoms with E-state index in [0.29, 0.717) is 12.8 Å². The van der Waals surface area contributed by atoms with Crippen LogP contribution in [0.1, 0.15) is 70.7 Å². The summed E-state index contributed by atoms with van der Waals surface area (Å²) >= 11 is 0. The predicted octanol–water partition coefficient (Wildman–Crippen LogP) is 6.78. The maximum Gasteiger partial charge on any atom is 0.248 e. The van der Waals surface area contributed by atoms with Gasteiger partial charge in [0, 0.05) is 18.9 Å². The number of benzene rings is 2. The van der Waals surface area contributed by atoms with Crippen molar-refractivity contribution in [3.8, 4) is 0 Å². The second-order valence-electron chi connectivity index (χ2n) is 9.29. The fourth-order valence-corrected chi connectivity index (χ4v) is 5.36. The van der Waals surface area contributed by atoms with E-state index in [-0.39, 0.29) is 18.8 Å². The Labute approximate surface area is 177 Å². The molecule has 0 atom stereocenters. The number of aromatic nitrogens is 1. The van der Waals surface area contributed by atoms with E-state index in [1.807, 2.05) is 0 Å².